The zero-order valence-electron chi connectivity index (χ0n) is 22.0. The van der Waals surface area contributed by atoms with Crippen molar-refractivity contribution in [2.75, 3.05) is 19.1 Å². The van der Waals surface area contributed by atoms with Crippen molar-refractivity contribution in [1.29, 1.82) is 0 Å². The van der Waals surface area contributed by atoms with Gasteiger partial charge in [0, 0.05) is 17.6 Å². The van der Waals surface area contributed by atoms with Crippen molar-refractivity contribution in [2.24, 2.45) is 0 Å². The van der Waals surface area contributed by atoms with Crippen LogP contribution in [0.4, 0.5) is 23.7 Å². The highest BCUT2D eigenvalue weighted by molar-refractivity contribution is 5.90. The van der Waals surface area contributed by atoms with Gasteiger partial charge in [0.05, 0.1) is 37.0 Å². The number of aryl methyl sites for hydroxylation is 2. The Labute approximate surface area is 223 Å². The average Bonchev–Trinajstić information content (AvgIpc) is 2.90. The SMILES string of the molecule is COc1cc2nccc(Oc3cc(C)c(N(C(=O)O)C(C)c4cccc(C(F)(F)F)c4)cc3C)c2cc1OC. The summed E-state index contributed by atoms with van der Waals surface area (Å²) < 4.78 is 56.8. The minimum absolute atomic E-state index is 0.220. The van der Waals surface area contributed by atoms with Crippen LogP contribution in [-0.4, -0.2) is 30.4 Å². The normalized spacial score (nSPS) is 12.2. The maximum atomic E-state index is 13.3. The maximum absolute atomic E-state index is 13.3. The van der Waals surface area contributed by atoms with E-state index in [0.29, 0.717) is 50.7 Å². The van der Waals surface area contributed by atoms with Crippen LogP contribution in [0, 0.1) is 13.8 Å². The number of ether oxygens (including phenoxy) is 3. The van der Waals surface area contributed by atoms with Gasteiger partial charge >= 0.3 is 12.3 Å². The lowest BCUT2D eigenvalue weighted by molar-refractivity contribution is -0.137. The van der Waals surface area contributed by atoms with Crippen LogP contribution in [0.2, 0.25) is 0 Å². The van der Waals surface area contributed by atoms with Crippen LogP contribution >= 0.6 is 0 Å². The number of hydrogen-bond donors (Lipinski definition) is 1. The number of alkyl halides is 3. The molecule has 1 unspecified atom stereocenters. The van der Waals surface area contributed by atoms with E-state index < -0.39 is 23.9 Å². The van der Waals surface area contributed by atoms with Gasteiger partial charge in [-0.3, -0.25) is 9.88 Å². The zero-order chi connectivity index (χ0) is 28.5. The molecule has 0 fully saturated rings. The van der Waals surface area contributed by atoms with Crippen molar-refractivity contribution in [1.82, 2.24) is 4.98 Å². The molecular weight excluding hydrogens is 513 g/mol. The van der Waals surface area contributed by atoms with E-state index in [1.54, 1.807) is 57.3 Å². The van der Waals surface area contributed by atoms with E-state index in [-0.39, 0.29) is 5.56 Å². The fourth-order valence-electron chi connectivity index (χ4n) is 4.40. The van der Waals surface area contributed by atoms with E-state index in [2.05, 4.69) is 4.98 Å². The minimum Gasteiger partial charge on any atom is -0.493 e. The molecule has 7 nitrogen and oxygen atoms in total. The lowest BCUT2D eigenvalue weighted by atomic mass is 10.0. The molecule has 4 aromatic rings. The number of carboxylic acid groups (broad SMARTS) is 1. The second-order valence-electron chi connectivity index (χ2n) is 8.99. The van der Waals surface area contributed by atoms with Gasteiger partial charge in [-0.05, 0) is 73.9 Å². The maximum Gasteiger partial charge on any atom is 0.416 e. The Morgan fingerprint density at radius 2 is 1.62 bits per heavy atom. The number of methoxy groups -OCH3 is 2. The highest BCUT2D eigenvalue weighted by Gasteiger charge is 2.32. The van der Waals surface area contributed by atoms with Gasteiger partial charge in [0.1, 0.15) is 11.5 Å². The van der Waals surface area contributed by atoms with Crippen molar-refractivity contribution in [3.63, 3.8) is 0 Å². The van der Waals surface area contributed by atoms with Crippen molar-refractivity contribution < 1.29 is 37.3 Å². The number of hydrogen-bond acceptors (Lipinski definition) is 5. The fourth-order valence-corrected chi connectivity index (χ4v) is 4.40. The monoisotopic (exact) mass is 540 g/mol. The standard InChI is InChI=1S/C29H27F3N2O5/c1-16-12-25(39-24-9-10-33-22-15-27(38-5)26(37-4)14-21(22)24)17(2)11-23(16)34(28(35)36)18(3)19-7-6-8-20(13-19)29(30,31)32/h6-15,18H,1-5H3,(H,35,36). The molecule has 0 aliphatic rings. The predicted molar refractivity (Wildman–Crippen MR) is 141 cm³/mol. The molecule has 3 aromatic carbocycles. The molecule has 0 saturated carbocycles. The second kappa shape index (κ2) is 10.7. The first-order valence-electron chi connectivity index (χ1n) is 11.9. The number of anilines is 1. The minimum atomic E-state index is -4.54. The van der Waals surface area contributed by atoms with Gasteiger partial charge in [0.15, 0.2) is 11.5 Å². The Kier molecular flexibility index (Phi) is 7.58. The third-order valence-electron chi connectivity index (χ3n) is 6.47. The number of halogens is 3. The Morgan fingerprint density at radius 1 is 0.923 bits per heavy atom. The Morgan fingerprint density at radius 3 is 2.26 bits per heavy atom. The molecule has 1 amide bonds. The topological polar surface area (TPSA) is 81.1 Å². The summed E-state index contributed by atoms with van der Waals surface area (Å²) in [6.45, 7) is 5.03. The summed E-state index contributed by atoms with van der Waals surface area (Å²) in [6, 6.07) is 12.3. The number of fused-ring (bicyclic) bond motifs is 1. The molecule has 1 heterocycles. The van der Waals surface area contributed by atoms with E-state index in [4.69, 9.17) is 14.2 Å². The van der Waals surface area contributed by atoms with Crippen LogP contribution in [0.25, 0.3) is 10.9 Å². The zero-order valence-corrected chi connectivity index (χ0v) is 22.0. The van der Waals surface area contributed by atoms with Gasteiger partial charge < -0.3 is 19.3 Å². The average molecular weight is 541 g/mol. The Balaban J connectivity index is 1.72. The molecule has 1 aromatic heterocycles. The molecule has 0 aliphatic carbocycles. The van der Waals surface area contributed by atoms with Crippen molar-refractivity contribution in [3.8, 4) is 23.0 Å². The van der Waals surface area contributed by atoms with E-state index in [0.717, 1.165) is 17.0 Å². The molecule has 0 radical (unpaired) electrons. The van der Waals surface area contributed by atoms with E-state index in [9.17, 15) is 23.1 Å². The number of nitrogens with zero attached hydrogens (tertiary/aromatic N) is 2. The van der Waals surface area contributed by atoms with Gasteiger partial charge in [0.2, 0.25) is 0 Å². The number of amides is 1. The Hall–Kier alpha value is -4.47. The Bertz CT molecular complexity index is 1540. The summed E-state index contributed by atoms with van der Waals surface area (Å²) in [6.07, 6.45) is -4.23. The van der Waals surface area contributed by atoms with Crippen LogP contribution in [-0.2, 0) is 6.18 Å². The van der Waals surface area contributed by atoms with Crippen LogP contribution in [0.1, 0.15) is 35.2 Å². The molecule has 10 heteroatoms. The van der Waals surface area contributed by atoms with Gasteiger partial charge in [-0.25, -0.2) is 4.79 Å². The molecular formula is C29H27F3N2O5. The van der Waals surface area contributed by atoms with Crippen LogP contribution in [0.3, 0.4) is 0 Å². The van der Waals surface area contributed by atoms with Crippen LogP contribution in [0.15, 0.2) is 60.8 Å². The predicted octanol–water partition coefficient (Wildman–Crippen LogP) is 7.93. The smallest absolute Gasteiger partial charge is 0.416 e. The van der Waals surface area contributed by atoms with Crippen molar-refractivity contribution in [3.05, 3.63) is 83.0 Å². The first-order valence-corrected chi connectivity index (χ1v) is 11.9. The van der Waals surface area contributed by atoms with E-state index in [1.165, 1.54) is 26.4 Å². The summed E-state index contributed by atoms with van der Waals surface area (Å²) in [5, 5.41) is 10.7. The number of pyridine rings is 1. The van der Waals surface area contributed by atoms with Crippen molar-refractivity contribution >= 4 is 22.7 Å². The van der Waals surface area contributed by atoms with Gasteiger partial charge in [-0.2, -0.15) is 13.2 Å². The third kappa shape index (κ3) is 5.55. The lowest BCUT2D eigenvalue weighted by Gasteiger charge is -2.29. The summed E-state index contributed by atoms with van der Waals surface area (Å²) in [7, 11) is 3.06. The summed E-state index contributed by atoms with van der Waals surface area (Å²) in [5.41, 5.74) is 1.54. The summed E-state index contributed by atoms with van der Waals surface area (Å²) in [4.78, 5) is 17.8. The molecule has 0 bridgehead atoms. The number of rotatable bonds is 7. The van der Waals surface area contributed by atoms with Gasteiger partial charge in [0.25, 0.3) is 0 Å². The summed E-state index contributed by atoms with van der Waals surface area (Å²) in [5.74, 6) is 2.01. The van der Waals surface area contributed by atoms with Crippen LogP contribution < -0.4 is 19.1 Å². The molecule has 204 valence electrons. The fraction of sp³-hybridized carbons (Fsp3) is 0.241. The van der Waals surface area contributed by atoms with E-state index in [1.807, 2.05) is 0 Å². The highest BCUT2D eigenvalue weighted by Crippen LogP contribution is 2.40. The van der Waals surface area contributed by atoms with Crippen molar-refractivity contribution in [2.45, 2.75) is 33.0 Å². The first-order chi connectivity index (χ1) is 18.4. The quantitative estimate of drug-likeness (QED) is 0.256. The largest absolute Gasteiger partial charge is 0.493 e. The molecule has 0 saturated heterocycles. The van der Waals surface area contributed by atoms with Gasteiger partial charge in [-0.15, -0.1) is 0 Å². The molecule has 0 spiro atoms. The number of carbonyl (C=O) groups is 1. The molecule has 4 rings (SSSR count). The first kappa shape index (κ1) is 27.6. The highest BCUT2D eigenvalue weighted by atomic mass is 19.4. The third-order valence-corrected chi connectivity index (χ3v) is 6.47. The van der Waals surface area contributed by atoms with E-state index >= 15 is 0 Å². The molecule has 1 atom stereocenters. The molecule has 1 N–H and O–H groups in total. The lowest BCUT2D eigenvalue weighted by Crippen LogP contribution is -2.33. The van der Waals surface area contributed by atoms with Gasteiger partial charge in [-0.1, -0.05) is 12.1 Å². The number of aromatic nitrogens is 1. The second-order valence-corrected chi connectivity index (χ2v) is 8.99. The molecule has 39 heavy (non-hydrogen) atoms. The number of benzene rings is 3. The van der Waals surface area contributed by atoms with Crippen LogP contribution in [0.5, 0.6) is 23.0 Å². The summed E-state index contributed by atoms with van der Waals surface area (Å²) >= 11 is 0. The molecule has 0 aliphatic heterocycles.